The molecule has 1 aromatic rings. The van der Waals surface area contributed by atoms with Gasteiger partial charge in [-0.25, -0.2) is 0 Å². The Hall–Kier alpha value is -1.04. The highest BCUT2D eigenvalue weighted by Gasteiger charge is 2.04. The molecule has 1 aromatic carbocycles. The predicted molar refractivity (Wildman–Crippen MR) is 77.1 cm³/mol. The summed E-state index contributed by atoms with van der Waals surface area (Å²) in [6, 6.07) is 10.8. The first-order chi connectivity index (χ1) is 7.97. The Labute approximate surface area is 107 Å². The molecule has 0 heterocycles. The highest BCUT2D eigenvalue weighted by atomic mass is 14.1. The SMILES string of the molecule is CC(CC/C=C/C(C)(C)C)Cc1ccccc1. The van der Waals surface area contributed by atoms with E-state index in [4.69, 9.17) is 0 Å². The Morgan fingerprint density at radius 2 is 1.76 bits per heavy atom. The van der Waals surface area contributed by atoms with Gasteiger partial charge in [0.1, 0.15) is 0 Å². The second kappa shape index (κ2) is 6.64. The molecule has 0 radical (unpaired) electrons. The van der Waals surface area contributed by atoms with Crippen LogP contribution in [0.2, 0.25) is 0 Å². The first-order valence-corrected chi connectivity index (χ1v) is 6.69. The van der Waals surface area contributed by atoms with Crippen molar-refractivity contribution in [1.29, 1.82) is 0 Å². The lowest BCUT2D eigenvalue weighted by Crippen LogP contribution is -2.00. The summed E-state index contributed by atoms with van der Waals surface area (Å²) in [5.41, 5.74) is 1.78. The summed E-state index contributed by atoms with van der Waals surface area (Å²) in [7, 11) is 0. The molecule has 0 amide bonds. The highest BCUT2D eigenvalue weighted by Crippen LogP contribution is 2.17. The summed E-state index contributed by atoms with van der Waals surface area (Å²) in [5, 5.41) is 0. The highest BCUT2D eigenvalue weighted by molar-refractivity contribution is 5.15. The second-order valence-electron chi connectivity index (χ2n) is 6.14. The quantitative estimate of drug-likeness (QED) is 0.606. The summed E-state index contributed by atoms with van der Waals surface area (Å²) in [6.45, 7) is 9.09. The summed E-state index contributed by atoms with van der Waals surface area (Å²) in [5.74, 6) is 0.766. The maximum absolute atomic E-state index is 2.35. The minimum absolute atomic E-state index is 0.322. The fourth-order valence-electron chi connectivity index (χ4n) is 1.94. The van der Waals surface area contributed by atoms with Crippen LogP contribution in [0.25, 0.3) is 0 Å². The van der Waals surface area contributed by atoms with Crippen molar-refractivity contribution in [2.45, 2.75) is 47.0 Å². The second-order valence-corrected chi connectivity index (χ2v) is 6.14. The lowest BCUT2D eigenvalue weighted by atomic mass is 9.93. The third-order valence-electron chi connectivity index (χ3n) is 2.87. The van der Waals surface area contributed by atoms with Crippen LogP contribution in [0.15, 0.2) is 42.5 Å². The number of allylic oxidation sites excluding steroid dienone is 2. The van der Waals surface area contributed by atoms with Gasteiger partial charge in [0.15, 0.2) is 0 Å². The molecule has 0 heteroatoms. The van der Waals surface area contributed by atoms with E-state index in [1.54, 1.807) is 0 Å². The molecule has 1 atom stereocenters. The minimum atomic E-state index is 0.322. The zero-order chi connectivity index (χ0) is 12.7. The van der Waals surface area contributed by atoms with E-state index in [-0.39, 0.29) is 0 Å². The number of benzene rings is 1. The Morgan fingerprint density at radius 3 is 2.35 bits per heavy atom. The third kappa shape index (κ3) is 6.99. The molecule has 0 spiro atoms. The van der Waals surface area contributed by atoms with Crippen LogP contribution in [-0.4, -0.2) is 0 Å². The van der Waals surface area contributed by atoms with Gasteiger partial charge in [-0.1, -0.05) is 70.2 Å². The molecule has 0 saturated carbocycles. The smallest absolute Gasteiger partial charge is 0.0203 e. The third-order valence-corrected chi connectivity index (χ3v) is 2.87. The topological polar surface area (TPSA) is 0 Å². The van der Waals surface area contributed by atoms with Crippen molar-refractivity contribution in [1.82, 2.24) is 0 Å². The maximum Gasteiger partial charge on any atom is -0.0203 e. The molecule has 0 N–H and O–H groups in total. The molecule has 0 aliphatic heterocycles. The van der Waals surface area contributed by atoms with E-state index in [9.17, 15) is 0 Å². The summed E-state index contributed by atoms with van der Waals surface area (Å²) in [6.07, 6.45) is 8.33. The van der Waals surface area contributed by atoms with Crippen LogP contribution >= 0.6 is 0 Å². The standard InChI is InChI=1S/C17H26/c1-15(10-8-9-13-17(2,3)4)14-16-11-6-5-7-12-16/h5-7,9,11-13,15H,8,10,14H2,1-4H3/b13-9+. The van der Waals surface area contributed by atoms with Crippen LogP contribution in [-0.2, 0) is 6.42 Å². The van der Waals surface area contributed by atoms with E-state index in [0.717, 1.165) is 5.92 Å². The average Bonchev–Trinajstić information content (AvgIpc) is 2.25. The summed E-state index contributed by atoms with van der Waals surface area (Å²) < 4.78 is 0. The van der Waals surface area contributed by atoms with Crippen LogP contribution in [0.4, 0.5) is 0 Å². The van der Waals surface area contributed by atoms with E-state index in [1.807, 2.05) is 0 Å². The molecule has 1 rings (SSSR count). The molecule has 0 fully saturated rings. The van der Waals surface area contributed by atoms with E-state index in [1.165, 1.54) is 24.8 Å². The van der Waals surface area contributed by atoms with Crippen molar-refractivity contribution in [2.75, 3.05) is 0 Å². The predicted octanol–water partition coefficient (Wildman–Crippen LogP) is 5.25. The fraction of sp³-hybridized carbons (Fsp3) is 0.529. The molecule has 0 aromatic heterocycles. The number of hydrogen-bond donors (Lipinski definition) is 0. The normalized spacial score (nSPS) is 14.1. The van der Waals surface area contributed by atoms with Gasteiger partial charge in [-0.2, -0.15) is 0 Å². The molecule has 94 valence electrons. The Kier molecular flexibility index (Phi) is 5.47. The fourth-order valence-corrected chi connectivity index (χ4v) is 1.94. The minimum Gasteiger partial charge on any atom is -0.0880 e. The van der Waals surface area contributed by atoms with Gasteiger partial charge < -0.3 is 0 Å². The van der Waals surface area contributed by atoms with Crippen molar-refractivity contribution >= 4 is 0 Å². The largest absolute Gasteiger partial charge is 0.0880 e. The van der Waals surface area contributed by atoms with Crippen molar-refractivity contribution in [2.24, 2.45) is 11.3 Å². The molecule has 1 unspecified atom stereocenters. The van der Waals surface area contributed by atoms with E-state index in [0.29, 0.717) is 5.41 Å². The van der Waals surface area contributed by atoms with Gasteiger partial charge in [0.2, 0.25) is 0 Å². The summed E-state index contributed by atoms with van der Waals surface area (Å²) >= 11 is 0. The zero-order valence-electron chi connectivity index (χ0n) is 11.7. The first kappa shape index (κ1) is 14.0. The Morgan fingerprint density at radius 1 is 1.12 bits per heavy atom. The number of rotatable bonds is 5. The van der Waals surface area contributed by atoms with E-state index >= 15 is 0 Å². The van der Waals surface area contributed by atoms with Crippen LogP contribution in [0.5, 0.6) is 0 Å². The Balaban J connectivity index is 2.27. The first-order valence-electron chi connectivity index (χ1n) is 6.69. The van der Waals surface area contributed by atoms with Gasteiger partial charge in [0.05, 0.1) is 0 Å². The maximum atomic E-state index is 2.35. The summed E-state index contributed by atoms with van der Waals surface area (Å²) in [4.78, 5) is 0. The molecule has 0 nitrogen and oxygen atoms in total. The molecular weight excluding hydrogens is 204 g/mol. The van der Waals surface area contributed by atoms with Gasteiger partial charge >= 0.3 is 0 Å². The molecule has 0 aliphatic rings. The molecule has 17 heavy (non-hydrogen) atoms. The molecule has 0 bridgehead atoms. The number of hydrogen-bond acceptors (Lipinski definition) is 0. The van der Waals surface area contributed by atoms with Gasteiger partial charge in [-0.15, -0.1) is 0 Å². The van der Waals surface area contributed by atoms with Crippen molar-refractivity contribution in [3.05, 3.63) is 48.0 Å². The van der Waals surface area contributed by atoms with Crippen molar-refractivity contribution < 1.29 is 0 Å². The zero-order valence-corrected chi connectivity index (χ0v) is 11.7. The molecule has 0 aliphatic carbocycles. The van der Waals surface area contributed by atoms with Crippen LogP contribution < -0.4 is 0 Å². The molecular formula is C17H26. The van der Waals surface area contributed by atoms with Crippen LogP contribution in [0, 0.1) is 11.3 Å². The molecule has 0 saturated heterocycles. The van der Waals surface area contributed by atoms with E-state index < -0.39 is 0 Å². The van der Waals surface area contributed by atoms with Crippen molar-refractivity contribution in [3.8, 4) is 0 Å². The van der Waals surface area contributed by atoms with Gasteiger partial charge in [0.25, 0.3) is 0 Å². The lowest BCUT2D eigenvalue weighted by Gasteiger charge is -2.12. The van der Waals surface area contributed by atoms with Gasteiger partial charge in [-0.05, 0) is 36.2 Å². The van der Waals surface area contributed by atoms with E-state index in [2.05, 4.69) is 70.2 Å². The Bertz CT molecular complexity index is 327. The monoisotopic (exact) mass is 230 g/mol. The average molecular weight is 230 g/mol. The van der Waals surface area contributed by atoms with Gasteiger partial charge in [0, 0.05) is 0 Å². The van der Waals surface area contributed by atoms with Gasteiger partial charge in [-0.3, -0.25) is 0 Å². The van der Waals surface area contributed by atoms with Crippen LogP contribution in [0.3, 0.4) is 0 Å². The van der Waals surface area contributed by atoms with Crippen molar-refractivity contribution in [3.63, 3.8) is 0 Å². The lowest BCUT2D eigenvalue weighted by molar-refractivity contribution is 0.522. The van der Waals surface area contributed by atoms with Crippen LogP contribution in [0.1, 0.15) is 46.1 Å².